The Labute approximate surface area is 133 Å². The Bertz CT molecular complexity index is 490. The topological polar surface area (TPSA) is 113 Å². The molecule has 0 aromatic rings. The molecule has 0 aromatic heterocycles. The molecule has 1 atom stereocenters. The second-order valence-electron chi connectivity index (χ2n) is 6.84. The lowest BCUT2D eigenvalue weighted by molar-refractivity contribution is 0.283. The molecule has 22 heavy (non-hydrogen) atoms. The first kappa shape index (κ1) is 22.2. The zero-order valence-electron chi connectivity index (χ0n) is 14.1. The predicted molar refractivity (Wildman–Crippen MR) is 89.6 cm³/mol. The highest BCUT2D eigenvalue weighted by Gasteiger charge is 2.37. The van der Waals surface area contributed by atoms with Crippen molar-refractivity contribution < 1.29 is 32.8 Å². The Morgan fingerprint density at radius 2 is 1.68 bits per heavy atom. The normalized spacial score (nSPS) is 17.4. The van der Waals surface area contributed by atoms with E-state index in [1.165, 1.54) is 0 Å². The summed E-state index contributed by atoms with van der Waals surface area (Å²) < 4.78 is 32.8. The van der Waals surface area contributed by atoms with Crippen LogP contribution in [0.2, 0.25) is 18.1 Å². The van der Waals surface area contributed by atoms with Crippen LogP contribution < -0.4 is 0 Å². The summed E-state index contributed by atoms with van der Waals surface area (Å²) in [5.74, 6) is -1.17. The minimum absolute atomic E-state index is 0.0913. The van der Waals surface area contributed by atoms with Crippen molar-refractivity contribution in [3.63, 3.8) is 0 Å². The molecule has 0 saturated carbocycles. The molecule has 7 nitrogen and oxygen atoms in total. The van der Waals surface area contributed by atoms with Crippen molar-refractivity contribution in [3.8, 4) is 0 Å². The van der Waals surface area contributed by atoms with Gasteiger partial charge in [-0.3, -0.25) is 9.13 Å². The molecule has 0 aliphatic carbocycles. The van der Waals surface area contributed by atoms with E-state index in [9.17, 15) is 14.0 Å². The van der Waals surface area contributed by atoms with E-state index in [-0.39, 0.29) is 11.6 Å². The average molecular weight is 374 g/mol. The quantitative estimate of drug-likeness (QED) is 0.339. The monoisotopic (exact) mass is 374 g/mol. The van der Waals surface area contributed by atoms with Crippen molar-refractivity contribution in [2.75, 3.05) is 19.1 Å². The van der Waals surface area contributed by atoms with Gasteiger partial charge in [-0.2, -0.15) is 0 Å². The average Bonchev–Trinajstić information content (AvgIpc) is 2.21. The summed E-state index contributed by atoms with van der Waals surface area (Å²) in [4.78, 5) is 26.7. The van der Waals surface area contributed by atoms with Gasteiger partial charge in [0.25, 0.3) is 0 Å². The van der Waals surface area contributed by atoms with Gasteiger partial charge in [-0.25, -0.2) is 0 Å². The first-order valence-corrected chi connectivity index (χ1v) is 13.3. The Morgan fingerprint density at radius 3 is 2.09 bits per heavy atom. The standard InChI is InChI=1S/C12H28O7P2Si/c1-11(9-19-22(5,6)12(2,3)4)7-8-18-21(16,17)10-20(13,14)15/h7H,8-10H2,1-6H3,(H,16,17)(H2,13,14,15)/b11-7+. The van der Waals surface area contributed by atoms with E-state index in [2.05, 4.69) is 38.4 Å². The molecule has 0 aromatic carbocycles. The lowest BCUT2D eigenvalue weighted by atomic mass is 10.2. The van der Waals surface area contributed by atoms with Gasteiger partial charge in [0.1, 0.15) is 0 Å². The highest BCUT2D eigenvalue weighted by atomic mass is 31.2. The Morgan fingerprint density at radius 1 is 1.18 bits per heavy atom. The maximum atomic E-state index is 11.4. The van der Waals surface area contributed by atoms with Gasteiger partial charge in [0.2, 0.25) is 0 Å². The predicted octanol–water partition coefficient (Wildman–Crippen LogP) is 3.29. The second kappa shape index (κ2) is 7.86. The number of rotatable bonds is 8. The van der Waals surface area contributed by atoms with Gasteiger partial charge in [0.05, 0.1) is 13.2 Å². The third-order valence-electron chi connectivity index (χ3n) is 3.54. The molecule has 3 N–H and O–H groups in total. The fourth-order valence-corrected chi connectivity index (χ4v) is 4.66. The second-order valence-corrected chi connectivity index (χ2v) is 15.6. The maximum Gasteiger partial charge on any atom is 0.340 e. The molecule has 0 saturated heterocycles. The summed E-state index contributed by atoms with van der Waals surface area (Å²) in [5, 5.41) is 0.0913. The lowest BCUT2D eigenvalue weighted by Gasteiger charge is -2.36. The fraction of sp³-hybridized carbons (Fsp3) is 0.833. The molecule has 0 heterocycles. The van der Waals surface area contributed by atoms with Crippen LogP contribution >= 0.6 is 15.2 Å². The number of hydrogen-bond acceptors (Lipinski definition) is 4. The van der Waals surface area contributed by atoms with E-state index in [4.69, 9.17) is 14.2 Å². The van der Waals surface area contributed by atoms with Crippen molar-refractivity contribution in [1.82, 2.24) is 0 Å². The van der Waals surface area contributed by atoms with Crippen LogP contribution in [0.5, 0.6) is 0 Å². The van der Waals surface area contributed by atoms with Crippen molar-refractivity contribution in [3.05, 3.63) is 11.6 Å². The molecule has 0 bridgehead atoms. The van der Waals surface area contributed by atoms with Gasteiger partial charge in [0, 0.05) is 0 Å². The van der Waals surface area contributed by atoms with Crippen LogP contribution in [0.15, 0.2) is 11.6 Å². The lowest BCUT2D eigenvalue weighted by Crippen LogP contribution is -2.41. The highest BCUT2D eigenvalue weighted by Crippen LogP contribution is 2.55. The first-order chi connectivity index (χ1) is 9.56. The Balaban J connectivity index is 4.42. The van der Waals surface area contributed by atoms with Crippen LogP contribution in [-0.4, -0.2) is 42.1 Å². The minimum Gasteiger partial charge on any atom is -0.413 e. The van der Waals surface area contributed by atoms with E-state index in [1.807, 2.05) is 6.92 Å². The molecule has 0 aliphatic heterocycles. The largest absolute Gasteiger partial charge is 0.413 e. The molecule has 1 unspecified atom stereocenters. The fourth-order valence-electron chi connectivity index (χ4n) is 1.14. The van der Waals surface area contributed by atoms with Gasteiger partial charge in [0.15, 0.2) is 14.2 Å². The third-order valence-corrected chi connectivity index (χ3v) is 11.5. The highest BCUT2D eigenvalue weighted by molar-refractivity contribution is 7.70. The summed E-state index contributed by atoms with van der Waals surface area (Å²) in [6, 6.07) is 0. The van der Waals surface area contributed by atoms with E-state index in [0.29, 0.717) is 6.61 Å². The smallest absolute Gasteiger partial charge is 0.340 e. The van der Waals surface area contributed by atoms with Crippen molar-refractivity contribution in [2.45, 2.75) is 45.8 Å². The Kier molecular flexibility index (Phi) is 7.94. The van der Waals surface area contributed by atoms with E-state index < -0.39 is 29.4 Å². The molecule has 0 spiro atoms. The molecule has 0 radical (unpaired) electrons. The number of hydrogen-bond donors (Lipinski definition) is 3. The SMILES string of the molecule is C/C(=C\COP(=O)(O)CP(=O)(O)O)CO[Si](C)(C)C(C)(C)C. The van der Waals surface area contributed by atoms with Gasteiger partial charge >= 0.3 is 15.2 Å². The Hall–Kier alpha value is 0.217. The van der Waals surface area contributed by atoms with Crippen LogP contribution in [0.3, 0.4) is 0 Å². The molecule has 132 valence electrons. The molecule has 0 amide bonds. The third kappa shape index (κ3) is 9.38. The molecule has 0 aliphatic rings. The summed E-state index contributed by atoms with van der Waals surface area (Å²) in [6.07, 6.45) is 1.58. The van der Waals surface area contributed by atoms with Crippen molar-refractivity contribution >= 4 is 23.5 Å². The summed E-state index contributed by atoms with van der Waals surface area (Å²) in [6.45, 7) is 12.6. The van der Waals surface area contributed by atoms with Gasteiger partial charge < -0.3 is 23.6 Å². The van der Waals surface area contributed by atoms with Crippen LogP contribution in [0.1, 0.15) is 27.7 Å². The van der Waals surface area contributed by atoms with Crippen LogP contribution in [0.4, 0.5) is 0 Å². The van der Waals surface area contributed by atoms with Gasteiger partial charge in [-0.05, 0) is 25.1 Å². The zero-order valence-corrected chi connectivity index (χ0v) is 16.9. The van der Waals surface area contributed by atoms with Gasteiger partial charge in [-0.1, -0.05) is 32.4 Å². The van der Waals surface area contributed by atoms with Crippen molar-refractivity contribution in [1.29, 1.82) is 0 Å². The van der Waals surface area contributed by atoms with Crippen LogP contribution in [0, 0.1) is 0 Å². The molecular weight excluding hydrogens is 346 g/mol. The van der Waals surface area contributed by atoms with E-state index in [0.717, 1.165) is 5.57 Å². The van der Waals surface area contributed by atoms with Gasteiger partial charge in [-0.15, -0.1) is 0 Å². The summed E-state index contributed by atoms with van der Waals surface area (Å²) >= 11 is 0. The van der Waals surface area contributed by atoms with Crippen LogP contribution in [0.25, 0.3) is 0 Å². The molecular formula is C12H28O7P2Si. The van der Waals surface area contributed by atoms with Crippen molar-refractivity contribution in [2.24, 2.45) is 0 Å². The zero-order chi connectivity index (χ0) is 17.8. The maximum absolute atomic E-state index is 11.4. The minimum atomic E-state index is -4.58. The first-order valence-electron chi connectivity index (χ1n) is 6.86. The molecule has 10 heteroatoms. The molecule has 0 fully saturated rings. The van der Waals surface area contributed by atoms with E-state index >= 15 is 0 Å². The summed E-state index contributed by atoms with van der Waals surface area (Å²) in [7, 11) is -10.7. The summed E-state index contributed by atoms with van der Waals surface area (Å²) in [5.41, 5.74) is 0.834. The van der Waals surface area contributed by atoms with E-state index in [1.54, 1.807) is 6.08 Å². The molecule has 0 rings (SSSR count). The van der Waals surface area contributed by atoms with Crippen LogP contribution in [-0.2, 0) is 18.1 Å².